The van der Waals surface area contributed by atoms with Crippen LogP contribution in [0.25, 0.3) is 0 Å². The summed E-state index contributed by atoms with van der Waals surface area (Å²) >= 11 is 4.64. The van der Waals surface area contributed by atoms with Crippen molar-refractivity contribution >= 4 is 29.2 Å². The van der Waals surface area contributed by atoms with E-state index in [1.807, 2.05) is 23.1 Å². The number of benzene rings is 2. The number of nitrogens with two attached hydrogens (primary N) is 1. The van der Waals surface area contributed by atoms with Gasteiger partial charge in [0, 0.05) is 43.9 Å². The van der Waals surface area contributed by atoms with Gasteiger partial charge in [-0.25, -0.2) is 8.78 Å². The number of hydrazone groups is 1. The van der Waals surface area contributed by atoms with Crippen LogP contribution in [0, 0.1) is 17.6 Å². The Balaban J connectivity index is 1.76. The van der Waals surface area contributed by atoms with Gasteiger partial charge in [-0.1, -0.05) is 44.2 Å². The van der Waals surface area contributed by atoms with Crippen molar-refractivity contribution in [1.82, 2.24) is 10.3 Å². The lowest BCUT2D eigenvalue weighted by molar-refractivity contribution is 0.147. The first-order chi connectivity index (χ1) is 14.8. The van der Waals surface area contributed by atoms with Crippen LogP contribution in [0.3, 0.4) is 0 Å². The van der Waals surface area contributed by atoms with Gasteiger partial charge in [-0.3, -0.25) is 10.3 Å². The van der Waals surface area contributed by atoms with Crippen LogP contribution in [0.1, 0.15) is 31.4 Å². The highest BCUT2D eigenvalue weighted by Crippen LogP contribution is 2.28. The predicted octanol–water partition coefficient (Wildman–Crippen LogP) is 3.87. The Morgan fingerprint density at radius 1 is 1.23 bits per heavy atom. The zero-order chi connectivity index (χ0) is 22.4. The normalized spacial score (nSPS) is 17.5. The highest BCUT2D eigenvalue weighted by molar-refractivity contribution is 7.80. The molecular weight excluding hydrogens is 416 g/mol. The topological polar surface area (TPSA) is 56.9 Å². The van der Waals surface area contributed by atoms with E-state index in [-0.39, 0.29) is 22.4 Å². The van der Waals surface area contributed by atoms with Crippen molar-refractivity contribution in [2.45, 2.75) is 32.9 Å². The Labute approximate surface area is 187 Å². The Bertz CT molecular complexity index is 920. The van der Waals surface area contributed by atoms with Crippen molar-refractivity contribution in [3.8, 4) is 0 Å². The summed E-state index contributed by atoms with van der Waals surface area (Å²) in [6.07, 6.45) is 2.16. The summed E-state index contributed by atoms with van der Waals surface area (Å²) in [5.41, 5.74) is 9.20. The molecule has 0 aliphatic carbocycles. The molecule has 1 aliphatic rings. The number of anilines is 1. The van der Waals surface area contributed by atoms with Crippen LogP contribution in [0.4, 0.5) is 14.5 Å². The molecule has 1 heterocycles. The molecule has 0 aromatic heterocycles. The number of hydrogen-bond donors (Lipinski definition) is 2. The van der Waals surface area contributed by atoms with Crippen LogP contribution >= 0.6 is 12.2 Å². The van der Waals surface area contributed by atoms with Gasteiger partial charge in [0.2, 0.25) is 0 Å². The van der Waals surface area contributed by atoms with Gasteiger partial charge in [0.25, 0.3) is 0 Å². The molecule has 8 heteroatoms. The van der Waals surface area contributed by atoms with Crippen molar-refractivity contribution in [2.75, 3.05) is 24.5 Å². The van der Waals surface area contributed by atoms with Crippen LogP contribution in [-0.4, -0.2) is 41.9 Å². The Morgan fingerprint density at radius 3 is 2.65 bits per heavy atom. The van der Waals surface area contributed by atoms with Crippen molar-refractivity contribution in [3.63, 3.8) is 0 Å². The smallest absolute Gasteiger partial charge is 0.184 e. The summed E-state index contributed by atoms with van der Waals surface area (Å²) in [4.78, 5) is 4.39. The number of halogens is 2. The molecule has 3 N–H and O–H groups in total. The molecule has 0 bridgehead atoms. The van der Waals surface area contributed by atoms with E-state index in [1.54, 1.807) is 0 Å². The molecule has 166 valence electrons. The van der Waals surface area contributed by atoms with Crippen molar-refractivity contribution in [1.29, 1.82) is 0 Å². The minimum absolute atomic E-state index is 0.0337. The first-order valence-electron chi connectivity index (χ1n) is 10.4. The number of hydrogen-bond acceptors (Lipinski definition) is 4. The number of nitrogens with zero attached hydrogens (tertiary/aromatic N) is 3. The average Bonchev–Trinajstić information content (AvgIpc) is 2.72. The third-order valence-electron chi connectivity index (χ3n) is 5.36. The second-order valence-electron chi connectivity index (χ2n) is 8.24. The molecule has 1 fully saturated rings. The third kappa shape index (κ3) is 6.45. The highest BCUT2D eigenvalue weighted by Gasteiger charge is 2.29. The average molecular weight is 446 g/mol. The van der Waals surface area contributed by atoms with Gasteiger partial charge in [-0.15, -0.1) is 0 Å². The van der Waals surface area contributed by atoms with Gasteiger partial charge >= 0.3 is 0 Å². The highest BCUT2D eigenvalue weighted by atomic mass is 32.1. The summed E-state index contributed by atoms with van der Waals surface area (Å²) in [7, 11) is 0. The predicted molar refractivity (Wildman–Crippen MR) is 126 cm³/mol. The molecule has 2 aromatic rings. The summed E-state index contributed by atoms with van der Waals surface area (Å²) in [6, 6.07) is 13.0. The first-order valence-corrected chi connectivity index (χ1v) is 10.8. The maximum Gasteiger partial charge on any atom is 0.184 e. The Kier molecular flexibility index (Phi) is 7.92. The molecule has 1 saturated heterocycles. The fourth-order valence-corrected chi connectivity index (χ4v) is 4.02. The largest absolute Gasteiger partial charge is 0.375 e. The lowest BCUT2D eigenvalue weighted by Gasteiger charge is -2.43. The molecule has 1 aliphatic heterocycles. The van der Waals surface area contributed by atoms with E-state index in [2.05, 4.69) is 53.6 Å². The maximum absolute atomic E-state index is 14.9. The first kappa shape index (κ1) is 23.1. The zero-order valence-electron chi connectivity index (χ0n) is 17.9. The molecule has 0 amide bonds. The van der Waals surface area contributed by atoms with Gasteiger partial charge in [-0.05, 0) is 36.2 Å². The summed E-state index contributed by atoms with van der Waals surface area (Å²) < 4.78 is 29.5. The molecule has 0 saturated carbocycles. The van der Waals surface area contributed by atoms with E-state index >= 15 is 0 Å². The molecule has 0 radical (unpaired) electrons. The monoisotopic (exact) mass is 445 g/mol. The van der Waals surface area contributed by atoms with Gasteiger partial charge in [0.15, 0.2) is 5.11 Å². The molecular formula is C23H29F2N5S. The van der Waals surface area contributed by atoms with Gasteiger partial charge in [-0.2, -0.15) is 5.10 Å². The summed E-state index contributed by atoms with van der Waals surface area (Å²) in [5, 5.41) is 3.67. The minimum atomic E-state index is -0.544. The quantitative estimate of drug-likeness (QED) is 0.385. The Hall–Kier alpha value is -2.58. The number of thiocarbonyl (C=S) groups is 1. The number of rotatable bonds is 7. The van der Waals surface area contributed by atoms with E-state index in [1.165, 1.54) is 17.8 Å². The van der Waals surface area contributed by atoms with Crippen molar-refractivity contribution in [2.24, 2.45) is 16.8 Å². The summed E-state index contributed by atoms with van der Waals surface area (Å²) in [6.45, 7) is 7.30. The van der Waals surface area contributed by atoms with Gasteiger partial charge < -0.3 is 10.6 Å². The number of piperazine rings is 1. The fourth-order valence-electron chi connectivity index (χ4n) is 3.96. The van der Waals surface area contributed by atoms with Crippen LogP contribution in [0.2, 0.25) is 0 Å². The molecule has 3 rings (SSSR count). The van der Waals surface area contributed by atoms with E-state index < -0.39 is 11.6 Å². The van der Waals surface area contributed by atoms with E-state index in [0.717, 1.165) is 25.6 Å². The standard InChI is InChI=1S/C23H29F2N5S/c1-16(2)10-19-15-30(9-8-29(19)14-17-6-4-3-5-7-17)22-12-20(24)18(11-21(22)25)13-27-28-23(26)31/h3-7,11-13,16,19H,8-10,14-15H2,1-2H3,(H3,26,28,31)/t19-/m0/s1. The maximum atomic E-state index is 14.9. The second-order valence-corrected chi connectivity index (χ2v) is 8.68. The van der Waals surface area contributed by atoms with Crippen molar-refractivity contribution < 1.29 is 8.78 Å². The molecule has 31 heavy (non-hydrogen) atoms. The van der Waals surface area contributed by atoms with E-state index in [0.29, 0.717) is 19.0 Å². The van der Waals surface area contributed by atoms with Gasteiger partial charge in [0.1, 0.15) is 11.6 Å². The SMILES string of the molecule is CC(C)C[C@H]1CN(c2cc(F)c(C=NNC(N)=S)cc2F)CCN1Cc1ccccc1. The van der Waals surface area contributed by atoms with Crippen LogP contribution in [0.15, 0.2) is 47.6 Å². The third-order valence-corrected chi connectivity index (χ3v) is 5.45. The second kappa shape index (κ2) is 10.6. The molecule has 1 atom stereocenters. The molecule has 0 spiro atoms. The molecule has 5 nitrogen and oxygen atoms in total. The molecule has 0 unspecified atom stereocenters. The lowest BCUT2D eigenvalue weighted by Crippen LogP contribution is -2.53. The van der Waals surface area contributed by atoms with Gasteiger partial charge in [0.05, 0.1) is 11.9 Å². The number of nitrogens with one attached hydrogen (secondary N) is 1. The van der Waals surface area contributed by atoms with Crippen LogP contribution in [-0.2, 0) is 6.54 Å². The van der Waals surface area contributed by atoms with Crippen LogP contribution < -0.4 is 16.1 Å². The summed E-state index contributed by atoms with van der Waals surface area (Å²) in [5.74, 6) is -0.514. The van der Waals surface area contributed by atoms with E-state index in [4.69, 9.17) is 5.73 Å². The zero-order valence-corrected chi connectivity index (χ0v) is 18.7. The van der Waals surface area contributed by atoms with E-state index in [9.17, 15) is 8.78 Å². The fraction of sp³-hybridized carbons (Fsp3) is 0.391. The molecule has 2 aromatic carbocycles. The minimum Gasteiger partial charge on any atom is -0.375 e. The Morgan fingerprint density at radius 2 is 1.97 bits per heavy atom. The van der Waals surface area contributed by atoms with Crippen LogP contribution in [0.5, 0.6) is 0 Å². The van der Waals surface area contributed by atoms with Crippen molar-refractivity contribution in [3.05, 3.63) is 65.2 Å². The lowest BCUT2D eigenvalue weighted by atomic mass is 9.98.